The smallest absolute Gasteiger partial charge is 0.872 e. The minimum Gasteiger partial charge on any atom is -0.872 e. The van der Waals surface area contributed by atoms with E-state index >= 15 is 0 Å². The van der Waals surface area contributed by atoms with E-state index in [1.54, 1.807) is 6.07 Å². The van der Waals surface area contributed by atoms with Gasteiger partial charge in [0.25, 0.3) is 10.1 Å². The minimum absolute atomic E-state index is 0. The minimum atomic E-state index is -4.23. The van der Waals surface area contributed by atoms with Gasteiger partial charge in [0.1, 0.15) is 11.5 Å². The zero-order valence-corrected chi connectivity index (χ0v) is 18.8. The largest absolute Gasteiger partial charge is 1.00 e. The number of ether oxygens (including phenoxy) is 1. The van der Waals surface area contributed by atoms with Crippen molar-refractivity contribution in [2.45, 2.75) is 56.8 Å². The molecule has 0 saturated heterocycles. The van der Waals surface area contributed by atoms with E-state index in [0.29, 0.717) is 11.5 Å². The van der Waals surface area contributed by atoms with Crippen LogP contribution in [0.15, 0.2) is 47.4 Å². The average molecular weight is 400 g/mol. The summed E-state index contributed by atoms with van der Waals surface area (Å²) in [6.45, 7) is 2.19. The van der Waals surface area contributed by atoms with Crippen molar-refractivity contribution in [1.29, 1.82) is 0 Å². The molecule has 2 rings (SSSR count). The van der Waals surface area contributed by atoms with Gasteiger partial charge < -0.3 is 9.84 Å². The number of aryl methyl sites for hydroxylation is 1. The van der Waals surface area contributed by atoms with Gasteiger partial charge in [-0.25, -0.2) is 0 Å². The van der Waals surface area contributed by atoms with Crippen molar-refractivity contribution in [2.24, 2.45) is 0 Å². The summed E-state index contributed by atoms with van der Waals surface area (Å²) in [5.74, 6) is 0.763. The molecule has 0 amide bonds. The molecule has 0 aliphatic carbocycles. The van der Waals surface area contributed by atoms with Gasteiger partial charge in [-0.3, -0.25) is 4.55 Å². The summed E-state index contributed by atoms with van der Waals surface area (Å²) in [4.78, 5) is -0.199. The molecule has 0 saturated carbocycles. The van der Waals surface area contributed by atoms with E-state index in [4.69, 9.17) is 9.29 Å². The van der Waals surface area contributed by atoms with E-state index in [1.807, 2.05) is 0 Å². The Balaban J connectivity index is 0.00000364. The average Bonchev–Trinajstić information content (AvgIpc) is 2.59. The van der Waals surface area contributed by atoms with E-state index in [9.17, 15) is 13.5 Å². The van der Waals surface area contributed by atoms with Gasteiger partial charge >= 0.3 is 29.6 Å². The van der Waals surface area contributed by atoms with Gasteiger partial charge in [-0.1, -0.05) is 51.2 Å². The fraction of sp³-hybridized carbons (Fsp3) is 0.400. The van der Waals surface area contributed by atoms with Crippen molar-refractivity contribution < 1.29 is 52.4 Å². The Morgan fingerprint density at radius 1 is 0.963 bits per heavy atom. The molecule has 1 N–H and O–H groups in total. The number of hydrogen-bond donors (Lipinski definition) is 1. The maximum Gasteiger partial charge on any atom is 1.00 e. The van der Waals surface area contributed by atoms with E-state index < -0.39 is 10.1 Å². The van der Waals surface area contributed by atoms with Crippen molar-refractivity contribution in [2.75, 3.05) is 0 Å². The van der Waals surface area contributed by atoms with Crippen molar-refractivity contribution in [3.05, 3.63) is 48.0 Å². The summed E-state index contributed by atoms with van der Waals surface area (Å²) >= 11 is 0. The second kappa shape index (κ2) is 11.7. The predicted octanol–water partition coefficient (Wildman–Crippen LogP) is 1.71. The molecule has 27 heavy (non-hydrogen) atoms. The molecular formula is C20H25NaO5S. The Labute approximate surface area is 183 Å². The monoisotopic (exact) mass is 400 g/mol. The standard InChI is InChI=1S/C20H26O5S.Na/c1-2-3-4-5-6-7-8-16-9-10-17(21)15-20(16)25-18-11-13-19(14-12-18)26(22,23)24;/h9-15,21H,2-8H2,1H3,(H,22,23,24);/q;+1/p-1. The van der Waals surface area contributed by atoms with Crippen LogP contribution in [0.25, 0.3) is 0 Å². The van der Waals surface area contributed by atoms with Crippen LogP contribution in [-0.2, 0) is 16.5 Å². The maximum atomic E-state index is 11.7. The number of hydrogen-bond acceptors (Lipinski definition) is 4. The zero-order valence-electron chi connectivity index (χ0n) is 16.0. The van der Waals surface area contributed by atoms with E-state index in [2.05, 4.69) is 6.92 Å². The first-order valence-electron chi connectivity index (χ1n) is 8.95. The first-order chi connectivity index (χ1) is 12.4. The SMILES string of the molecule is CCCCCCCCc1ccc([O-])cc1Oc1ccc(S(=O)(=O)O)cc1.[Na+]. The van der Waals surface area contributed by atoms with Gasteiger partial charge in [-0.05, 0) is 48.7 Å². The molecule has 0 radical (unpaired) electrons. The summed E-state index contributed by atoms with van der Waals surface area (Å²) in [6.07, 6.45) is 7.94. The van der Waals surface area contributed by atoms with E-state index in [0.717, 1.165) is 24.8 Å². The summed E-state index contributed by atoms with van der Waals surface area (Å²) in [5, 5.41) is 11.7. The van der Waals surface area contributed by atoms with Crippen LogP contribution in [0.5, 0.6) is 17.2 Å². The first-order valence-corrected chi connectivity index (χ1v) is 10.4. The maximum absolute atomic E-state index is 11.7. The molecule has 142 valence electrons. The Morgan fingerprint density at radius 2 is 1.59 bits per heavy atom. The molecule has 0 spiro atoms. The van der Waals surface area contributed by atoms with Crippen molar-refractivity contribution in [1.82, 2.24) is 0 Å². The number of unbranched alkanes of at least 4 members (excludes halogenated alkanes) is 5. The number of rotatable bonds is 10. The van der Waals surface area contributed by atoms with Crippen LogP contribution in [0.3, 0.4) is 0 Å². The number of benzene rings is 2. The molecule has 2 aromatic carbocycles. The van der Waals surface area contributed by atoms with E-state index in [1.165, 1.54) is 62.1 Å². The van der Waals surface area contributed by atoms with Gasteiger partial charge in [-0.2, -0.15) is 8.42 Å². The fourth-order valence-corrected chi connectivity index (χ4v) is 3.22. The molecule has 0 bridgehead atoms. The van der Waals surface area contributed by atoms with Gasteiger partial charge in [0.15, 0.2) is 0 Å². The van der Waals surface area contributed by atoms with Crippen molar-refractivity contribution in [3.8, 4) is 17.2 Å². The first kappa shape index (κ1) is 24.0. The Hall–Kier alpha value is -1.05. The summed E-state index contributed by atoms with van der Waals surface area (Å²) in [5.41, 5.74) is 0.957. The van der Waals surface area contributed by atoms with Crippen LogP contribution in [0.1, 0.15) is 51.0 Å². The Kier molecular flexibility index (Phi) is 10.4. The molecule has 0 aliphatic rings. The molecule has 2 aromatic rings. The van der Waals surface area contributed by atoms with Crippen LogP contribution in [-0.4, -0.2) is 13.0 Å². The van der Waals surface area contributed by atoms with Crippen LogP contribution >= 0.6 is 0 Å². The van der Waals surface area contributed by atoms with E-state index in [-0.39, 0.29) is 40.2 Å². The fourth-order valence-electron chi connectivity index (χ4n) is 2.74. The molecule has 5 nitrogen and oxygen atoms in total. The molecule has 7 heteroatoms. The summed E-state index contributed by atoms with van der Waals surface area (Å²) in [6, 6.07) is 10.2. The third-order valence-electron chi connectivity index (χ3n) is 4.19. The molecule has 0 aliphatic heterocycles. The molecular weight excluding hydrogens is 375 g/mol. The van der Waals surface area contributed by atoms with Crippen LogP contribution < -0.4 is 39.4 Å². The van der Waals surface area contributed by atoms with Gasteiger partial charge in [0.2, 0.25) is 0 Å². The zero-order chi connectivity index (χ0) is 19.0. The molecule has 0 atom stereocenters. The molecule has 0 unspecified atom stereocenters. The normalized spacial score (nSPS) is 11.0. The van der Waals surface area contributed by atoms with Crippen molar-refractivity contribution >= 4 is 10.1 Å². The summed E-state index contributed by atoms with van der Waals surface area (Å²) < 4.78 is 37.0. The molecule has 0 heterocycles. The third kappa shape index (κ3) is 8.23. The molecule has 0 fully saturated rings. The quantitative estimate of drug-likeness (QED) is 0.373. The van der Waals surface area contributed by atoms with Gasteiger partial charge in [-0.15, -0.1) is 5.75 Å². The van der Waals surface area contributed by atoms with Crippen LogP contribution in [0.4, 0.5) is 0 Å². The third-order valence-corrected chi connectivity index (χ3v) is 5.06. The Morgan fingerprint density at radius 3 is 2.22 bits per heavy atom. The van der Waals surface area contributed by atoms with Crippen LogP contribution in [0.2, 0.25) is 0 Å². The summed E-state index contributed by atoms with van der Waals surface area (Å²) in [7, 11) is -4.23. The van der Waals surface area contributed by atoms with Crippen LogP contribution in [0, 0.1) is 0 Å². The van der Waals surface area contributed by atoms with Gasteiger partial charge in [0.05, 0.1) is 4.90 Å². The topological polar surface area (TPSA) is 86.7 Å². The van der Waals surface area contributed by atoms with Gasteiger partial charge in [0, 0.05) is 0 Å². The Bertz CT molecular complexity index is 804. The molecule has 0 aromatic heterocycles. The second-order valence-corrected chi connectivity index (χ2v) is 7.76. The second-order valence-electron chi connectivity index (χ2n) is 6.34. The predicted molar refractivity (Wildman–Crippen MR) is 99.3 cm³/mol. The van der Waals surface area contributed by atoms with Crippen molar-refractivity contribution in [3.63, 3.8) is 0 Å².